The minimum atomic E-state index is -0.989. The SMILES string of the molecule is C=CCc1cccc2c1CC[C@H]2OC(=O)[C@@H]1[C@H](/C=C(/F)C(=O)OCC)C1(C)C. The van der Waals surface area contributed by atoms with E-state index in [1.807, 2.05) is 32.1 Å². The number of esters is 2. The minimum Gasteiger partial charge on any atom is -0.461 e. The van der Waals surface area contributed by atoms with Gasteiger partial charge in [-0.15, -0.1) is 6.58 Å². The molecule has 0 heterocycles. The molecule has 0 N–H and O–H groups in total. The van der Waals surface area contributed by atoms with Crippen LogP contribution < -0.4 is 0 Å². The highest BCUT2D eigenvalue weighted by Crippen LogP contribution is 2.60. The third kappa shape index (κ3) is 3.75. The molecule has 0 aliphatic heterocycles. The maximum absolute atomic E-state index is 14.0. The number of carbonyl (C=O) groups excluding carboxylic acids is 2. The summed E-state index contributed by atoms with van der Waals surface area (Å²) in [6.45, 7) is 9.28. The van der Waals surface area contributed by atoms with Crippen molar-refractivity contribution in [2.45, 2.75) is 46.1 Å². The number of carbonyl (C=O) groups is 2. The van der Waals surface area contributed by atoms with Gasteiger partial charge in [0.25, 0.3) is 0 Å². The molecule has 0 saturated heterocycles. The molecule has 1 fully saturated rings. The van der Waals surface area contributed by atoms with Crippen LogP contribution in [0.25, 0.3) is 0 Å². The maximum atomic E-state index is 14.0. The van der Waals surface area contributed by atoms with Crippen LogP contribution in [-0.4, -0.2) is 18.5 Å². The summed E-state index contributed by atoms with van der Waals surface area (Å²) in [6.07, 6.45) is 5.21. The van der Waals surface area contributed by atoms with E-state index < -0.39 is 23.1 Å². The number of ether oxygens (including phenoxy) is 2. The van der Waals surface area contributed by atoms with Crippen molar-refractivity contribution < 1.29 is 23.5 Å². The van der Waals surface area contributed by atoms with Crippen LogP contribution in [0.1, 0.15) is 50.0 Å². The summed E-state index contributed by atoms with van der Waals surface area (Å²) >= 11 is 0. The topological polar surface area (TPSA) is 52.6 Å². The minimum absolute atomic E-state index is 0.106. The predicted molar refractivity (Wildman–Crippen MR) is 104 cm³/mol. The number of fused-ring (bicyclic) bond motifs is 1. The van der Waals surface area contributed by atoms with E-state index in [2.05, 4.69) is 17.4 Å². The largest absolute Gasteiger partial charge is 0.461 e. The van der Waals surface area contributed by atoms with E-state index in [0.717, 1.165) is 24.8 Å². The van der Waals surface area contributed by atoms with Crippen molar-refractivity contribution in [2.75, 3.05) is 6.61 Å². The molecule has 3 atom stereocenters. The number of hydrogen-bond acceptors (Lipinski definition) is 4. The molecular formula is C23H27FO4. The van der Waals surface area contributed by atoms with Crippen molar-refractivity contribution in [1.29, 1.82) is 0 Å². The van der Waals surface area contributed by atoms with E-state index in [0.29, 0.717) is 0 Å². The van der Waals surface area contributed by atoms with Gasteiger partial charge in [-0.25, -0.2) is 4.79 Å². The average molecular weight is 386 g/mol. The van der Waals surface area contributed by atoms with Gasteiger partial charge in [0.05, 0.1) is 12.5 Å². The van der Waals surface area contributed by atoms with E-state index in [9.17, 15) is 14.0 Å². The number of halogens is 1. The van der Waals surface area contributed by atoms with Gasteiger partial charge in [0, 0.05) is 0 Å². The van der Waals surface area contributed by atoms with Gasteiger partial charge in [-0.3, -0.25) is 4.79 Å². The fourth-order valence-corrected chi connectivity index (χ4v) is 4.24. The second kappa shape index (κ2) is 7.90. The van der Waals surface area contributed by atoms with Crippen LogP contribution in [0.2, 0.25) is 0 Å². The van der Waals surface area contributed by atoms with E-state index in [1.54, 1.807) is 6.92 Å². The van der Waals surface area contributed by atoms with Crippen LogP contribution in [0.3, 0.4) is 0 Å². The van der Waals surface area contributed by atoms with Crippen LogP contribution in [0.4, 0.5) is 4.39 Å². The van der Waals surface area contributed by atoms with Crippen molar-refractivity contribution in [3.05, 3.63) is 59.4 Å². The van der Waals surface area contributed by atoms with E-state index in [1.165, 1.54) is 17.2 Å². The van der Waals surface area contributed by atoms with Crippen molar-refractivity contribution in [3.8, 4) is 0 Å². The van der Waals surface area contributed by atoms with Crippen molar-refractivity contribution in [2.24, 2.45) is 17.3 Å². The van der Waals surface area contributed by atoms with Gasteiger partial charge >= 0.3 is 11.9 Å². The fraction of sp³-hybridized carbons (Fsp3) is 0.478. The molecule has 0 unspecified atom stereocenters. The summed E-state index contributed by atoms with van der Waals surface area (Å²) in [5, 5.41) is 0. The van der Waals surface area contributed by atoms with Crippen LogP contribution >= 0.6 is 0 Å². The molecule has 0 aromatic heterocycles. The van der Waals surface area contributed by atoms with Gasteiger partial charge < -0.3 is 9.47 Å². The number of hydrogen-bond donors (Lipinski definition) is 0. The Hall–Kier alpha value is -2.43. The molecule has 1 aromatic carbocycles. The van der Waals surface area contributed by atoms with Gasteiger partial charge in [0.1, 0.15) is 6.10 Å². The summed E-state index contributed by atoms with van der Waals surface area (Å²) in [5.41, 5.74) is 3.05. The van der Waals surface area contributed by atoms with Gasteiger partial charge in [-0.1, -0.05) is 38.1 Å². The average Bonchev–Trinajstić information content (AvgIpc) is 2.98. The first-order valence-corrected chi connectivity index (χ1v) is 9.77. The zero-order valence-corrected chi connectivity index (χ0v) is 16.7. The summed E-state index contributed by atoms with van der Waals surface area (Å²) in [4.78, 5) is 24.3. The van der Waals surface area contributed by atoms with Crippen LogP contribution in [0, 0.1) is 17.3 Å². The molecule has 4 nitrogen and oxygen atoms in total. The molecule has 2 aliphatic carbocycles. The summed E-state index contributed by atoms with van der Waals surface area (Å²) in [5.74, 6) is -3.12. The van der Waals surface area contributed by atoms with Crippen LogP contribution in [-0.2, 0) is 31.9 Å². The van der Waals surface area contributed by atoms with Crippen molar-refractivity contribution >= 4 is 11.9 Å². The molecule has 2 aliphatic rings. The Morgan fingerprint density at radius 1 is 1.36 bits per heavy atom. The molecule has 0 bridgehead atoms. The molecule has 150 valence electrons. The second-order valence-corrected chi connectivity index (χ2v) is 8.00. The lowest BCUT2D eigenvalue weighted by Gasteiger charge is -2.15. The normalized spacial score (nSPS) is 25.0. The predicted octanol–water partition coefficient (Wildman–Crippen LogP) is 4.63. The Morgan fingerprint density at radius 2 is 2.11 bits per heavy atom. The molecule has 1 aromatic rings. The highest BCUT2D eigenvalue weighted by Gasteiger charge is 2.62. The first-order chi connectivity index (χ1) is 13.3. The maximum Gasteiger partial charge on any atom is 0.366 e. The van der Waals surface area contributed by atoms with Crippen LogP contribution in [0.5, 0.6) is 0 Å². The molecule has 0 spiro atoms. The quantitative estimate of drug-likeness (QED) is 0.389. The van der Waals surface area contributed by atoms with E-state index in [-0.39, 0.29) is 24.6 Å². The lowest BCUT2D eigenvalue weighted by atomic mass is 10.0. The summed E-state index contributed by atoms with van der Waals surface area (Å²) in [7, 11) is 0. The second-order valence-electron chi connectivity index (χ2n) is 8.00. The van der Waals surface area contributed by atoms with Gasteiger partial charge in [-0.05, 0) is 60.3 Å². The fourth-order valence-electron chi connectivity index (χ4n) is 4.24. The smallest absolute Gasteiger partial charge is 0.366 e. The molecule has 0 amide bonds. The first kappa shape index (κ1) is 20.3. The highest BCUT2D eigenvalue weighted by atomic mass is 19.1. The molecule has 5 heteroatoms. The molecule has 1 saturated carbocycles. The van der Waals surface area contributed by atoms with Crippen LogP contribution in [0.15, 0.2) is 42.8 Å². The van der Waals surface area contributed by atoms with Crippen molar-refractivity contribution in [1.82, 2.24) is 0 Å². The molecule has 28 heavy (non-hydrogen) atoms. The number of rotatable bonds is 7. The first-order valence-electron chi connectivity index (χ1n) is 9.77. The summed E-state index contributed by atoms with van der Waals surface area (Å²) in [6, 6.07) is 6.06. The Balaban J connectivity index is 1.70. The number of benzene rings is 1. The zero-order valence-electron chi connectivity index (χ0n) is 16.7. The molecule has 3 rings (SSSR count). The molecular weight excluding hydrogens is 359 g/mol. The lowest BCUT2D eigenvalue weighted by Crippen LogP contribution is -2.14. The van der Waals surface area contributed by atoms with E-state index >= 15 is 0 Å². The summed E-state index contributed by atoms with van der Waals surface area (Å²) < 4.78 is 24.5. The van der Waals surface area contributed by atoms with E-state index in [4.69, 9.17) is 4.74 Å². The number of allylic oxidation sites excluding steroid dienone is 2. The monoisotopic (exact) mass is 386 g/mol. The Kier molecular flexibility index (Phi) is 5.73. The third-order valence-corrected chi connectivity index (χ3v) is 5.90. The Bertz CT molecular complexity index is 824. The third-order valence-electron chi connectivity index (χ3n) is 5.90. The zero-order chi connectivity index (χ0) is 20.5. The highest BCUT2D eigenvalue weighted by molar-refractivity contribution is 5.87. The van der Waals surface area contributed by atoms with Crippen molar-refractivity contribution in [3.63, 3.8) is 0 Å². The standard InChI is InChI=1S/C23H27FO4/c1-5-8-14-9-7-10-16-15(14)11-12-19(16)28-22(26)20-17(23(20,3)4)13-18(24)21(25)27-6-2/h5,7,9-10,13,17,19-20H,1,6,8,11-12H2,2-4H3/b18-13+/t17-,19+,20-/m0/s1. The lowest BCUT2D eigenvalue weighted by molar-refractivity contribution is -0.152. The van der Waals surface area contributed by atoms with Gasteiger partial charge in [0.15, 0.2) is 0 Å². The van der Waals surface area contributed by atoms with Gasteiger partial charge in [0.2, 0.25) is 5.83 Å². The van der Waals surface area contributed by atoms with Gasteiger partial charge in [-0.2, -0.15) is 4.39 Å². The Morgan fingerprint density at radius 3 is 2.79 bits per heavy atom. The molecule has 0 radical (unpaired) electrons. The Labute approximate surface area is 165 Å².